The maximum absolute atomic E-state index is 12.4. The lowest BCUT2D eigenvalue weighted by atomic mass is 9.41. The largest absolute Gasteiger partial charge is 0.393 e. The van der Waals surface area contributed by atoms with Crippen molar-refractivity contribution in [1.82, 2.24) is 0 Å². The fourth-order valence-corrected chi connectivity index (χ4v) is 11.7. The van der Waals surface area contributed by atoms with Crippen LogP contribution in [0.15, 0.2) is 0 Å². The van der Waals surface area contributed by atoms with Gasteiger partial charge < -0.3 is 15.3 Å². The van der Waals surface area contributed by atoms with Crippen LogP contribution in [0.25, 0.3) is 0 Å². The van der Waals surface area contributed by atoms with Gasteiger partial charge in [-0.3, -0.25) is 0 Å². The van der Waals surface area contributed by atoms with E-state index in [-0.39, 0.29) is 39.3 Å². The molecule has 33 heavy (non-hydrogen) atoms. The molecule has 0 aromatic rings. The van der Waals surface area contributed by atoms with Crippen molar-refractivity contribution in [3.05, 3.63) is 0 Å². The summed E-state index contributed by atoms with van der Waals surface area (Å²) in [6, 6.07) is 0. The van der Waals surface area contributed by atoms with Crippen LogP contribution >= 0.6 is 0 Å². The first-order chi connectivity index (χ1) is 15.1. The van der Waals surface area contributed by atoms with Crippen molar-refractivity contribution in [2.24, 2.45) is 50.7 Å². The molecule has 5 rings (SSSR count). The van der Waals surface area contributed by atoms with Gasteiger partial charge in [0.1, 0.15) is 0 Å². The Morgan fingerprint density at radius 2 is 0.970 bits per heavy atom. The Labute approximate surface area is 203 Å². The van der Waals surface area contributed by atoms with Crippen LogP contribution in [0, 0.1) is 50.7 Å². The van der Waals surface area contributed by atoms with Crippen LogP contribution in [0.1, 0.15) is 119 Å². The molecule has 5 saturated carbocycles. The van der Waals surface area contributed by atoms with Gasteiger partial charge in [-0.2, -0.15) is 0 Å². The molecule has 0 aromatic carbocycles. The summed E-state index contributed by atoms with van der Waals surface area (Å²) in [5.74, 6) is 2.00. The van der Waals surface area contributed by atoms with Crippen LogP contribution < -0.4 is 0 Å². The topological polar surface area (TPSA) is 60.7 Å². The first-order valence-electron chi connectivity index (χ1n) is 14.2. The predicted molar refractivity (Wildman–Crippen MR) is 134 cm³/mol. The van der Waals surface area contributed by atoms with Gasteiger partial charge in [0.15, 0.2) is 0 Å². The number of hydrogen-bond acceptors (Lipinski definition) is 3. The van der Waals surface area contributed by atoms with Crippen LogP contribution in [0.4, 0.5) is 0 Å². The molecule has 5 fully saturated rings. The van der Waals surface area contributed by atoms with E-state index in [4.69, 9.17) is 0 Å². The number of hydrogen-bond donors (Lipinski definition) is 3. The van der Waals surface area contributed by atoms with Crippen LogP contribution in [0.3, 0.4) is 0 Å². The molecule has 0 spiro atoms. The molecule has 3 heteroatoms. The maximum atomic E-state index is 12.4. The number of aliphatic hydroxyl groups is 3. The lowest BCUT2D eigenvalue weighted by molar-refractivity contribution is -0.212. The molecule has 0 aliphatic heterocycles. The standard InChI is InChI=1S/C30H52O3/c1-25(2)19-10-14-27(5)18-30(33)17-11-20-26(3,4)24(32)13-16-29(20,7)22(30)9-8-21(27)28(19,6)15-12-23(25)31/h19-24,31-33H,8-18H2,1-7H3/t19-,20-,21-,22+,23-,24-,27-,28-,29-,30-/m0/s1. The SMILES string of the molecule is CC1(C)[C@@H](O)CC[C@@]2(C)[C@H]1CC[C@@]1(C)C[C@@]3(O)CC[C@H]4C(C)(C)[C@@H](O)CC[C@]4(C)[C@H]3CC[C@@H]12. The van der Waals surface area contributed by atoms with Gasteiger partial charge in [-0.25, -0.2) is 0 Å². The molecule has 0 unspecified atom stereocenters. The second kappa shape index (κ2) is 7.22. The molecule has 0 heterocycles. The van der Waals surface area contributed by atoms with Crippen molar-refractivity contribution in [2.75, 3.05) is 0 Å². The van der Waals surface area contributed by atoms with Gasteiger partial charge in [-0.15, -0.1) is 0 Å². The summed E-state index contributed by atoms with van der Waals surface area (Å²) in [4.78, 5) is 0. The van der Waals surface area contributed by atoms with E-state index in [0.717, 1.165) is 51.4 Å². The van der Waals surface area contributed by atoms with E-state index in [9.17, 15) is 15.3 Å². The predicted octanol–water partition coefficient (Wildman–Crippen LogP) is 6.33. The van der Waals surface area contributed by atoms with Crippen molar-refractivity contribution in [3.63, 3.8) is 0 Å². The van der Waals surface area contributed by atoms with Crippen molar-refractivity contribution in [3.8, 4) is 0 Å². The third-order valence-electron chi connectivity index (χ3n) is 13.4. The summed E-state index contributed by atoms with van der Waals surface area (Å²) in [5.41, 5.74) is -0.118. The Kier molecular flexibility index (Phi) is 5.38. The summed E-state index contributed by atoms with van der Waals surface area (Å²) in [6.45, 7) is 16.7. The third-order valence-corrected chi connectivity index (χ3v) is 13.4. The molecule has 0 bridgehead atoms. The second-order valence-corrected chi connectivity index (χ2v) is 15.6. The fraction of sp³-hybridized carbons (Fsp3) is 1.00. The molecule has 3 nitrogen and oxygen atoms in total. The van der Waals surface area contributed by atoms with Gasteiger partial charge in [0.25, 0.3) is 0 Å². The Morgan fingerprint density at radius 1 is 0.515 bits per heavy atom. The van der Waals surface area contributed by atoms with E-state index in [1.165, 1.54) is 19.3 Å². The molecular formula is C30H52O3. The lowest BCUT2D eigenvalue weighted by Gasteiger charge is -2.65. The van der Waals surface area contributed by atoms with Gasteiger partial charge in [0.05, 0.1) is 17.8 Å². The number of aliphatic hydroxyl groups excluding tert-OH is 2. The zero-order valence-electron chi connectivity index (χ0n) is 22.6. The normalized spacial score (nSPS) is 57.6. The zero-order valence-corrected chi connectivity index (χ0v) is 22.6. The fourth-order valence-electron chi connectivity index (χ4n) is 11.7. The minimum Gasteiger partial charge on any atom is -0.393 e. The highest BCUT2D eigenvalue weighted by Gasteiger charge is 2.67. The van der Waals surface area contributed by atoms with Crippen molar-refractivity contribution < 1.29 is 15.3 Å². The summed E-state index contributed by atoms with van der Waals surface area (Å²) >= 11 is 0. The van der Waals surface area contributed by atoms with Gasteiger partial charge in [-0.05, 0) is 121 Å². The van der Waals surface area contributed by atoms with E-state index >= 15 is 0 Å². The summed E-state index contributed by atoms with van der Waals surface area (Å²) in [6.07, 6.45) is 11.2. The minimum atomic E-state index is -0.569. The molecule has 0 aromatic heterocycles. The molecule has 5 aliphatic rings. The summed E-state index contributed by atoms with van der Waals surface area (Å²) < 4.78 is 0. The average molecular weight is 461 g/mol. The van der Waals surface area contributed by atoms with E-state index in [0.29, 0.717) is 23.7 Å². The molecule has 0 amide bonds. The number of fused-ring (bicyclic) bond motifs is 6. The molecular weight excluding hydrogens is 408 g/mol. The van der Waals surface area contributed by atoms with Crippen LogP contribution in [0.2, 0.25) is 0 Å². The molecule has 0 radical (unpaired) electrons. The van der Waals surface area contributed by atoms with E-state index < -0.39 is 5.60 Å². The Morgan fingerprint density at radius 3 is 1.52 bits per heavy atom. The molecule has 3 N–H and O–H groups in total. The first-order valence-corrected chi connectivity index (χ1v) is 14.2. The highest BCUT2D eigenvalue weighted by Crippen LogP contribution is 2.71. The first kappa shape index (κ1) is 24.6. The van der Waals surface area contributed by atoms with Crippen LogP contribution in [0.5, 0.6) is 0 Å². The lowest BCUT2D eigenvalue weighted by Crippen LogP contribution is -2.62. The Hall–Kier alpha value is -0.120. The summed E-state index contributed by atoms with van der Waals surface area (Å²) in [7, 11) is 0. The molecule has 5 aliphatic carbocycles. The van der Waals surface area contributed by atoms with Crippen LogP contribution in [-0.2, 0) is 0 Å². The van der Waals surface area contributed by atoms with E-state index in [2.05, 4.69) is 48.5 Å². The highest BCUT2D eigenvalue weighted by molar-refractivity contribution is 5.16. The van der Waals surface area contributed by atoms with E-state index in [1.807, 2.05) is 0 Å². The van der Waals surface area contributed by atoms with Gasteiger partial charge in [0, 0.05) is 0 Å². The smallest absolute Gasteiger partial charge is 0.0686 e. The van der Waals surface area contributed by atoms with Gasteiger partial charge >= 0.3 is 0 Å². The minimum absolute atomic E-state index is 0.0229. The van der Waals surface area contributed by atoms with Crippen LogP contribution in [-0.4, -0.2) is 33.1 Å². The average Bonchev–Trinajstić information content (AvgIpc) is 2.82. The van der Waals surface area contributed by atoms with Crippen molar-refractivity contribution in [1.29, 1.82) is 0 Å². The Bertz CT molecular complexity index is 725. The van der Waals surface area contributed by atoms with Gasteiger partial charge in [-0.1, -0.05) is 48.5 Å². The quantitative estimate of drug-likeness (QED) is 0.395. The molecule has 0 saturated heterocycles. The van der Waals surface area contributed by atoms with Crippen molar-refractivity contribution >= 4 is 0 Å². The van der Waals surface area contributed by atoms with Gasteiger partial charge in [0.2, 0.25) is 0 Å². The van der Waals surface area contributed by atoms with E-state index in [1.54, 1.807) is 0 Å². The molecule has 190 valence electrons. The Balaban J connectivity index is 1.52. The second-order valence-electron chi connectivity index (χ2n) is 15.6. The van der Waals surface area contributed by atoms with Crippen molar-refractivity contribution in [2.45, 2.75) is 137 Å². The summed E-state index contributed by atoms with van der Waals surface area (Å²) in [5, 5.41) is 34.2. The maximum Gasteiger partial charge on any atom is 0.0686 e. The third kappa shape index (κ3) is 3.16. The zero-order chi connectivity index (χ0) is 24.2. The molecule has 10 atom stereocenters. The monoisotopic (exact) mass is 460 g/mol. The highest BCUT2D eigenvalue weighted by atomic mass is 16.3. The number of rotatable bonds is 0.